The monoisotopic (exact) mass is 274 g/mol. The normalized spacial score (nSPS) is 10.4. The molecule has 0 spiro atoms. The van der Waals surface area contributed by atoms with E-state index in [-0.39, 0.29) is 5.82 Å². The minimum absolute atomic E-state index is 0.270. The van der Waals surface area contributed by atoms with E-state index in [1.54, 1.807) is 12.1 Å². The molecule has 2 N–H and O–H groups in total. The molecule has 98 valence electrons. The zero-order valence-electron chi connectivity index (χ0n) is 11.0. The molecule has 0 aliphatic carbocycles. The molecule has 0 atom stereocenters. The fourth-order valence-electron chi connectivity index (χ4n) is 2.09. The van der Waals surface area contributed by atoms with Gasteiger partial charge in [-0.15, -0.1) is 11.3 Å². The Morgan fingerprint density at radius 2 is 2.16 bits per heavy atom. The molecule has 2 rings (SSSR count). The van der Waals surface area contributed by atoms with E-state index in [1.165, 1.54) is 17.4 Å². The second kappa shape index (κ2) is 5.41. The van der Waals surface area contributed by atoms with E-state index in [0.29, 0.717) is 16.1 Å². The van der Waals surface area contributed by atoms with Gasteiger partial charge in [0.15, 0.2) is 0 Å². The maximum absolute atomic E-state index is 14.0. The summed E-state index contributed by atoms with van der Waals surface area (Å²) in [6.45, 7) is 3.96. The van der Waals surface area contributed by atoms with E-state index in [2.05, 4.69) is 6.07 Å². The summed E-state index contributed by atoms with van der Waals surface area (Å²) in [6.07, 6.45) is 1.67. The Morgan fingerprint density at radius 3 is 2.79 bits per heavy atom. The highest BCUT2D eigenvalue weighted by molar-refractivity contribution is 7.16. The molecule has 0 fully saturated rings. The maximum Gasteiger partial charge on any atom is 0.131 e. The second-order valence-corrected chi connectivity index (χ2v) is 5.52. The molecular formula is C15H15FN2S. The summed E-state index contributed by atoms with van der Waals surface area (Å²) >= 11 is 1.28. The van der Waals surface area contributed by atoms with Crippen LogP contribution < -0.4 is 5.73 Å². The van der Waals surface area contributed by atoms with Gasteiger partial charge in [-0.25, -0.2) is 4.39 Å². The molecule has 1 aromatic carbocycles. The van der Waals surface area contributed by atoms with Crippen molar-refractivity contribution in [1.29, 1.82) is 5.26 Å². The predicted molar refractivity (Wildman–Crippen MR) is 77.6 cm³/mol. The van der Waals surface area contributed by atoms with Crippen LogP contribution in [0.3, 0.4) is 0 Å². The molecule has 0 saturated carbocycles. The van der Waals surface area contributed by atoms with Gasteiger partial charge >= 0.3 is 0 Å². The second-order valence-electron chi connectivity index (χ2n) is 4.50. The van der Waals surface area contributed by atoms with Crippen LogP contribution in [0.4, 0.5) is 10.1 Å². The predicted octanol–water partition coefficient (Wildman–Crippen LogP) is 4.27. The highest BCUT2D eigenvalue weighted by Crippen LogP contribution is 2.40. The zero-order valence-corrected chi connectivity index (χ0v) is 11.8. The molecule has 4 heteroatoms. The van der Waals surface area contributed by atoms with Crippen molar-refractivity contribution in [1.82, 2.24) is 0 Å². The lowest BCUT2D eigenvalue weighted by molar-refractivity contribution is 0.631. The molecule has 1 aromatic heterocycles. The van der Waals surface area contributed by atoms with E-state index in [4.69, 9.17) is 11.0 Å². The quantitative estimate of drug-likeness (QED) is 0.908. The molecule has 0 aliphatic heterocycles. The Bertz CT molecular complexity index is 653. The van der Waals surface area contributed by atoms with Crippen LogP contribution in [-0.4, -0.2) is 0 Å². The van der Waals surface area contributed by atoms with Crippen molar-refractivity contribution in [3.8, 4) is 16.5 Å². The van der Waals surface area contributed by atoms with Crippen LogP contribution in [0.5, 0.6) is 0 Å². The zero-order chi connectivity index (χ0) is 14.0. The van der Waals surface area contributed by atoms with Gasteiger partial charge in [-0.3, -0.25) is 0 Å². The number of aryl methyl sites for hydroxylation is 1. The largest absolute Gasteiger partial charge is 0.397 e. The molecule has 0 aliphatic rings. The van der Waals surface area contributed by atoms with E-state index in [1.807, 2.05) is 13.8 Å². The van der Waals surface area contributed by atoms with Crippen molar-refractivity contribution >= 4 is 17.0 Å². The van der Waals surface area contributed by atoms with E-state index >= 15 is 0 Å². The van der Waals surface area contributed by atoms with Gasteiger partial charge in [0.25, 0.3) is 0 Å². The molecule has 1 heterocycles. The average Bonchev–Trinajstić information content (AvgIpc) is 2.70. The molecule has 0 unspecified atom stereocenters. The van der Waals surface area contributed by atoms with Crippen molar-refractivity contribution in [2.75, 3.05) is 5.73 Å². The van der Waals surface area contributed by atoms with Crippen molar-refractivity contribution in [2.24, 2.45) is 0 Å². The Kier molecular flexibility index (Phi) is 3.87. The number of rotatable bonds is 3. The van der Waals surface area contributed by atoms with Crippen LogP contribution >= 0.6 is 11.3 Å². The number of hydrogen-bond donors (Lipinski definition) is 1. The first kappa shape index (κ1) is 13.6. The third kappa shape index (κ3) is 2.47. The van der Waals surface area contributed by atoms with Gasteiger partial charge < -0.3 is 5.73 Å². The van der Waals surface area contributed by atoms with Gasteiger partial charge in [0.05, 0.1) is 5.69 Å². The SMILES string of the molecule is CCCc1c(-c2cc(C)ccc2F)sc(C#N)c1N. The first-order valence-corrected chi connectivity index (χ1v) is 6.97. The van der Waals surface area contributed by atoms with E-state index < -0.39 is 0 Å². The molecular weight excluding hydrogens is 259 g/mol. The Balaban J connectivity index is 2.67. The summed E-state index contributed by atoms with van der Waals surface area (Å²) in [5.41, 5.74) is 8.93. The van der Waals surface area contributed by atoms with E-state index in [9.17, 15) is 4.39 Å². The van der Waals surface area contributed by atoms with Gasteiger partial charge in [0.1, 0.15) is 16.8 Å². The van der Waals surface area contributed by atoms with Crippen molar-refractivity contribution in [2.45, 2.75) is 26.7 Å². The van der Waals surface area contributed by atoms with Crippen molar-refractivity contribution in [3.63, 3.8) is 0 Å². The smallest absolute Gasteiger partial charge is 0.131 e. The fraction of sp³-hybridized carbons (Fsp3) is 0.267. The number of thiophene rings is 1. The number of halogens is 1. The Hall–Kier alpha value is -1.86. The third-order valence-electron chi connectivity index (χ3n) is 3.02. The summed E-state index contributed by atoms with van der Waals surface area (Å²) in [6, 6.07) is 7.09. The molecule has 0 bridgehead atoms. The number of nitrogens with zero attached hydrogens (tertiary/aromatic N) is 1. The van der Waals surface area contributed by atoms with E-state index in [0.717, 1.165) is 28.8 Å². The van der Waals surface area contributed by atoms with Crippen LogP contribution in [0, 0.1) is 24.1 Å². The first-order chi connectivity index (χ1) is 9.08. The molecule has 0 radical (unpaired) electrons. The summed E-state index contributed by atoms with van der Waals surface area (Å²) in [5.74, 6) is -0.270. The number of hydrogen-bond acceptors (Lipinski definition) is 3. The topological polar surface area (TPSA) is 49.8 Å². The fourth-order valence-corrected chi connectivity index (χ4v) is 3.17. The number of nitriles is 1. The lowest BCUT2D eigenvalue weighted by Gasteiger charge is -2.06. The summed E-state index contributed by atoms with van der Waals surface area (Å²) in [5, 5.41) is 9.08. The lowest BCUT2D eigenvalue weighted by atomic mass is 10.0. The lowest BCUT2D eigenvalue weighted by Crippen LogP contribution is -1.94. The van der Waals surface area contributed by atoms with Crippen LogP contribution in [0.2, 0.25) is 0 Å². The number of nitrogens with two attached hydrogens (primary N) is 1. The molecule has 2 nitrogen and oxygen atoms in total. The highest BCUT2D eigenvalue weighted by Gasteiger charge is 2.18. The van der Waals surface area contributed by atoms with Gasteiger partial charge in [0, 0.05) is 10.4 Å². The molecule has 0 amide bonds. The Morgan fingerprint density at radius 1 is 1.42 bits per heavy atom. The first-order valence-electron chi connectivity index (χ1n) is 6.16. The third-order valence-corrected chi connectivity index (χ3v) is 4.20. The molecule has 2 aromatic rings. The van der Waals surface area contributed by atoms with Gasteiger partial charge in [0.2, 0.25) is 0 Å². The summed E-state index contributed by atoms with van der Waals surface area (Å²) in [4.78, 5) is 1.26. The van der Waals surface area contributed by atoms with Gasteiger partial charge in [-0.1, -0.05) is 25.0 Å². The Labute approximate surface area is 116 Å². The van der Waals surface area contributed by atoms with Crippen LogP contribution in [-0.2, 0) is 6.42 Å². The minimum Gasteiger partial charge on any atom is -0.397 e. The molecule has 0 saturated heterocycles. The number of benzene rings is 1. The van der Waals surface area contributed by atoms with Crippen LogP contribution in [0.1, 0.15) is 29.3 Å². The van der Waals surface area contributed by atoms with Gasteiger partial charge in [-0.05, 0) is 31.0 Å². The van der Waals surface area contributed by atoms with Crippen LogP contribution in [0.15, 0.2) is 18.2 Å². The van der Waals surface area contributed by atoms with Crippen LogP contribution in [0.25, 0.3) is 10.4 Å². The standard InChI is InChI=1S/C15H15FN2S/c1-3-4-10-14(18)13(8-17)19-15(10)11-7-9(2)5-6-12(11)16/h5-7H,3-4,18H2,1-2H3. The minimum atomic E-state index is -0.270. The summed E-state index contributed by atoms with van der Waals surface area (Å²) < 4.78 is 14.0. The van der Waals surface area contributed by atoms with Crippen molar-refractivity contribution < 1.29 is 4.39 Å². The maximum atomic E-state index is 14.0. The average molecular weight is 274 g/mol. The number of nitrogen functional groups attached to an aromatic ring is 1. The summed E-state index contributed by atoms with van der Waals surface area (Å²) in [7, 11) is 0. The van der Waals surface area contributed by atoms with Gasteiger partial charge in [-0.2, -0.15) is 5.26 Å². The number of anilines is 1. The van der Waals surface area contributed by atoms with Crippen molar-refractivity contribution in [3.05, 3.63) is 40.0 Å². The molecule has 19 heavy (non-hydrogen) atoms. The highest BCUT2D eigenvalue weighted by atomic mass is 32.1.